The predicted octanol–water partition coefficient (Wildman–Crippen LogP) is 1.77. The highest BCUT2D eigenvalue weighted by atomic mass is 35.5. The van der Waals surface area contributed by atoms with E-state index in [0.717, 1.165) is 15.8 Å². The average molecular weight is 331 g/mol. The maximum Gasteiger partial charge on any atom is 0.350 e. The third-order valence-electron chi connectivity index (χ3n) is 3.56. The van der Waals surface area contributed by atoms with Gasteiger partial charge in [0.1, 0.15) is 6.54 Å². The van der Waals surface area contributed by atoms with Gasteiger partial charge in [-0.05, 0) is 42.3 Å². The quantitative estimate of drug-likeness (QED) is 0.792. The van der Waals surface area contributed by atoms with E-state index in [0.29, 0.717) is 17.2 Å². The van der Waals surface area contributed by atoms with E-state index in [4.69, 9.17) is 11.6 Å². The first-order valence-corrected chi connectivity index (χ1v) is 7.48. The van der Waals surface area contributed by atoms with Crippen molar-refractivity contribution >= 4 is 23.2 Å². The Morgan fingerprint density at radius 2 is 2.13 bits per heavy atom. The topological polar surface area (TPSA) is 68.4 Å². The number of carbonyl (C=O) groups is 1. The number of pyridine rings is 1. The molecule has 0 bridgehead atoms. The van der Waals surface area contributed by atoms with E-state index >= 15 is 0 Å². The molecule has 0 fully saturated rings. The number of amides is 1. The zero-order valence-corrected chi connectivity index (χ0v) is 13.2. The van der Waals surface area contributed by atoms with Crippen LogP contribution in [0, 0.1) is 6.92 Å². The van der Waals surface area contributed by atoms with Crippen LogP contribution in [-0.2, 0) is 17.9 Å². The number of aromatic nitrogens is 3. The number of nitrogens with one attached hydrogen (secondary N) is 1. The third-order valence-corrected chi connectivity index (χ3v) is 3.80. The highest BCUT2D eigenvalue weighted by Crippen LogP contribution is 2.14. The largest absolute Gasteiger partial charge is 0.350 e. The Hall–Kier alpha value is -2.60. The van der Waals surface area contributed by atoms with Crippen molar-refractivity contribution in [2.24, 2.45) is 0 Å². The minimum Gasteiger partial charge on any atom is -0.350 e. The fourth-order valence-corrected chi connectivity index (χ4v) is 2.54. The van der Waals surface area contributed by atoms with Crippen molar-refractivity contribution in [2.75, 3.05) is 0 Å². The Labute approximate surface area is 137 Å². The molecule has 6 nitrogen and oxygen atoms in total. The summed E-state index contributed by atoms with van der Waals surface area (Å²) in [6.07, 6.45) is 1.62. The lowest BCUT2D eigenvalue weighted by molar-refractivity contribution is -0.122. The van der Waals surface area contributed by atoms with Crippen LogP contribution in [0.5, 0.6) is 0 Å². The third kappa shape index (κ3) is 3.27. The summed E-state index contributed by atoms with van der Waals surface area (Å²) in [5, 5.41) is 7.57. The molecule has 23 heavy (non-hydrogen) atoms. The second-order valence-corrected chi connectivity index (χ2v) is 5.65. The molecule has 7 heteroatoms. The molecule has 2 heterocycles. The summed E-state index contributed by atoms with van der Waals surface area (Å²) in [5.41, 5.74) is 2.16. The van der Waals surface area contributed by atoms with Gasteiger partial charge in [-0.25, -0.2) is 9.48 Å². The zero-order valence-electron chi connectivity index (χ0n) is 12.5. The molecule has 0 unspecified atom stereocenters. The van der Waals surface area contributed by atoms with Crippen LogP contribution >= 0.6 is 11.6 Å². The lowest BCUT2D eigenvalue weighted by Crippen LogP contribution is -2.32. The van der Waals surface area contributed by atoms with Crippen LogP contribution in [0.15, 0.2) is 47.4 Å². The van der Waals surface area contributed by atoms with Gasteiger partial charge in [-0.3, -0.25) is 9.20 Å². The Balaban J connectivity index is 1.69. The number of aryl methyl sites for hydroxylation is 1. The van der Waals surface area contributed by atoms with Gasteiger partial charge in [0.25, 0.3) is 0 Å². The van der Waals surface area contributed by atoms with E-state index in [1.807, 2.05) is 19.1 Å². The van der Waals surface area contributed by atoms with Gasteiger partial charge in [0.2, 0.25) is 5.91 Å². The average Bonchev–Trinajstić information content (AvgIpc) is 2.83. The van der Waals surface area contributed by atoms with Crippen molar-refractivity contribution in [1.82, 2.24) is 19.5 Å². The molecule has 1 amide bonds. The van der Waals surface area contributed by atoms with Crippen molar-refractivity contribution < 1.29 is 4.79 Å². The SMILES string of the molecule is Cc1cc(Cl)ccc1CNC(=O)Cn1nc2ccccn2c1=O. The van der Waals surface area contributed by atoms with Crippen LogP contribution in [0.25, 0.3) is 5.65 Å². The monoisotopic (exact) mass is 330 g/mol. The fraction of sp³-hybridized carbons (Fsp3) is 0.188. The van der Waals surface area contributed by atoms with Gasteiger partial charge in [-0.1, -0.05) is 23.7 Å². The van der Waals surface area contributed by atoms with Crippen molar-refractivity contribution in [2.45, 2.75) is 20.0 Å². The predicted molar refractivity (Wildman–Crippen MR) is 87.5 cm³/mol. The number of fused-ring (bicyclic) bond motifs is 1. The molecule has 0 aliphatic heterocycles. The highest BCUT2D eigenvalue weighted by Gasteiger charge is 2.10. The number of hydrogen-bond acceptors (Lipinski definition) is 3. The first-order valence-electron chi connectivity index (χ1n) is 7.10. The Bertz CT molecular complexity index is 929. The summed E-state index contributed by atoms with van der Waals surface area (Å²) in [5.74, 6) is -0.273. The molecule has 0 saturated heterocycles. The first-order chi connectivity index (χ1) is 11.0. The van der Waals surface area contributed by atoms with Gasteiger partial charge in [-0.2, -0.15) is 0 Å². The Kier molecular flexibility index (Phi) is 4.16. The van der Waals surface area contributed by atoms with Crippen molar-refractivity contribution in [3.8, 4) is 0 Å². The normalized spacial score (nSPS) is 10.9. The lowest BCUT2D eigenvalue weighted by Gasteiger charge is -2.08. The zero-order chi connectivity index (χ0) is 16.4. The maximum atomic E-state index is 12.1. The minimum atomic E-state index is -0.335. The number of halogens is 1. The second-order valence-electron chi connectivity index (χ2n) is 5.22. The molecule has 1 aromatic carbocycles. The van der Waals surface area contributed by atoms with Gasteiger partial charge in [-0.15, -0.1) is 5.10 Å². The molecule has 0 aliphatic rings. The van der Waals surface area contributed by atoms with E-state index in [9.17, 15) is 9.59 Å². The first kappa shape index (κ1) is 15.3. The number of hydrogen-bond donors (Lipinski definition) is 1. The molecule has 2 aromatic heterocycles. The van der Waals surface area contributed by atoms with Gasteiger partial charge in [0.15, 0.2) is 5.65 Å². The molecule has 0 saturated carbocycles. The molecule has 0 spiro atoms. The van der Waals surface area contributed by atoms with Crippen LogP contribution in [0.3, 0.4) is 0 Å². The van der Waals surface area contributed by atoms with Crippen molar-refractivity contribution in [3.05, 3.63) is 69.2 Å². The number of nitrogens with zero attached hydrogens (tertiary/aromatic N) is 3. The molecule has 118 valence electrons. The van der Waals surface area contributed by atoms with Crippen molar-refractivity contribution in [3.63, 3.8) is 0 Å². The summed E-state index contributed by atoms with van der Waals surface area (Å²) in [6, 6.07) is 10.7. The van der Waals surface area contributed by atoms with E-state index in [2.05, 4.69) is 10.4 Å². The van der Waals surface area contributed by atoms with Gasteiger partial charge in [0, 0.05) is 17.8 Å². The molecule has 0 aliphatic carbocycles. The van der Waals surface area contributed by atoms with Crippen LogP contribution < -0.4 is 11.0 Å². The fourth-order valence-electron chi connectivity index (χ4n) is 2.31. The van der Waals surface area contributed by atoms with Crippen LogP contribution in [0.4, 0.5) is 0 Å². The van der Waals surface area contributed by atoms with E-state index in [1.54, 1.807) is 30.5 Å². The number of benzene rings is 1. The Morgan fingerprint density at radius 1 is 1.30 bits per heavy atom. The summed E-state index contributed by atoms with van der Waals surface area (Å²) in [6.45, 7) is 2.19. The molecule has 0 atom stereocenters. The molecule has 1 N–H and O–H groups in total. The molecule has 3 rings (SSSR count). The Morgan fingerprint density at radius 3 is 2.87 bits per heavy atom. The minimum absolute atomic E-state index is 0.118. The molecular formula is C16H15ClN4O2. The number of rotatable bonds is 4. The smallest absolute Gasteiger partial charge is 0.350 e. The second kappa shape index (κ2) is 6.26. The summed E-state index contributed by atoms with van der Waals surface area (Å²) >= 11 is 5.91. The lowest BCUT2D eigenvalue weighted by atomic mass is 10.1. The number of carbonyl (C=O) groups excluding carboxylic acids is 1. The van der Waals surface area contributed by atoms with Gasteiger partial charge < -0.3 is 5.32 Å². The maximum absolute atomic E-state index is 12.1. The molecule has 3 aromatic rings. The summed E-state index contributed by atoms with van der Waals surface area (Å²) in [4.78, 5) is 24.1. The summed E-state index contributed by atoms with van der Waals surface area (Å²) < 4.78 is 2.55. The van der Waals surface area contributed by atoms with Crippen LogP contribution in [0.2, 0.25) is 5.02 Å². The van der Waals surface area contributed by atoms with E-state index < -0.39 is 0 Å². The van der Waals surface area contributed by atoms with Crippen LogP contribution in [-0.4, -0.2) is 20.1 Å². The standard InChI is InChI=1S/C16H15ClN4O2/c1-11-8-13(17)6-5-12(11)9-18-15(22)10-21-16(23)20-7-3-2-4-14(20)19-21/h2-8H,9-10H2,1H3,(H,18,22). The summed E-state index contributed by atoms with van der Waals surface area (Å²) in [7, 11) is 0. The van der Waals surface area contributed by atoms with Gasteiger partial charge in [0.05, 0.1) is 0 Å². The highest BCUT2D eigenvalue weighted by molar-refractivity contribution is 6.30. The van der Waals surface area contributed by atoms with Crippen molar-refractivity contribution in [1.29, 1.82) is 0 Å². The van der Waals surface area contributed by atoms with E-state index in [-0.39, 0.29) is 18.1 Å². The van der Waals surface area contributed by atoms with Gasteiger partial charge >= 0.3 is 5.69 Å². The van der Waals surface area contributed by atoms with Crippen LogP contribution in [0.1, 0.15) is 11.1 Å². The molecule has 0 radical (unpaired) electrons. The molecular weight excluding hydrogens is 316 g/mol. The van der Waals surface area contributed by atoms with E-state index in [1.165, 1.54) is 4.40 Å².